The first-order valence-corrected chi connectivity index (χ1v) is 7.79. The third kappa shape index (κ3) is 3.08. The Morgan fingerprint density at radius 2 is 2.19 bits per heavy atom. The van der Waals surface area contributed by atoms with E-state index in [9.17, 15) is 0 Å². The molecule has 1 fully saturated rings. The van der Waals surface area contributed by atoms with Gasteiger partial charge in [-0.05, 0) is 53.2 Å². The van der Waals surface area contributed by atoms with Gasteiger partial charge < -0.3 is 5.73 Å². The Morgan fingerprint density at radius 3 is 2.75 bits per heavy atom. The van der Waals surface area contributed by atoms with Crippen LogP contribution in [0.2, 0.25) is 0 Å². The lowest BCUT2D eigenvalue weighted by molar-refractivity contribution is 0.454. The maximum absolute atomic E-state index is 6.27. The fourth-order valence-electron chi connectivity index (χ4n) is 2.70. The van der Waals surface area contributed by atoms with Gasteiger partial charge in [-0.3, -0.25) is 0 Å². The number of halogens is 1. The van der Waals surface area contributed by atoms with Gasteiger partial charge in [-0.15, -0.1) is 11.3 Å². The van der Waals surface area contributed by atoms with Crippen molar-refractivity contribution >= 4 is 27.3 Å². The molecular weight excluding hydrogens is 282 g/mol. The highest BCUT2D eigenvalue weighted by molar-refractivity contribution is 9.11. The molecule has 2 rings (SSSR count). The molecule has 0 bridgehead atoms. The Hall–Kier alpha value is 0.140. The quantitative estimate of drug-likeness (QED) is 0.850. The van der Waals surface area contributed by atoms with E-state index in [2.05, 4.69) is 28.9 Å². The summed E-state index contributed by atoms with van der Waals surface area (Å²) in [7, 11) is 0. The normalized spacial score (nSPS) is 19.2. The van der Waals surface area contributed by atoms with Gasteiger partial charge in [0.05, 0.1) is 3.79 Å². The topological polar surface area (TPSA) is 26.0 Å². The first kappa shape index (κ1) is 12.6. The summed E-state index contributed by atoms with van der Waals surface area (Å²) in [4.78, 5) is 1.37. The zero-order chi connectivity index (χ0) is 11.5. The lowest BCUT2D eigenvalue weighted by Gasteiger charge is -2.14. The number of thiophene rings is 1. The van der Waals surface area contributed by atoms with Crippen LogP contribution < -0.4 is 5.73 Å². The summed E-state index contributed by atoms with van der Waals surface area (Å²) in [6, 6.07) is 2.43. The summed E-state index contributed by atoms with van der Waals surface area (Å²) < 4.78 is 1.20. The number of nitrogens with two attached hydrogens (primary N) is 1. The average molecular weight is 302 g/mol. The van der Waals surface area contributed by atoms with Gasteiger partial charge in [-0.25, -0.2) is 0 Å². The predicted molar refractivity (Wildman–Crippen MR) is 74.9 cm³/mol. The Morgan fingerprint density at radius 1 is 1.50 bits per heavy atom. The number of rotatable bonds is 4. The first-order valence-electron chi connectivity index (χ1n) is 6.18. The van der Waals surface area contributed by atoms with Gasteiger partial charge in [0, 0.05) is 10.9 Å². The van der Waals surface area contributed by atoms with Crippen molar-refractivity contribution in [1.29, 1.82) is 0 Å². The molecule has 3 heteroatoms. The third-order valence-corrected chi connectivity index (χ3v) is 5.26. The maximum atomic E-state index is 6.27. The van der Waals surface area contributed by atoms with E-state index < -0.39 is 0 Å². The number of hydrogen-bond acceptors (Lipinski definition) is 2. The average Bonchev–Trinajstić information content (AvgIpc) is 2.84. The first-order chi connectivity index (χ1) is 7.66. The molecule has 0 aromatic carbocycles. The summed E-state index contributed by atoms with van der Waals surface area (Å²) in [5.74, 6) is 0.952. The van der Waals surface area contributed by atoms with Crippen molar-refractivity contribution in [2.75, 3.05) is 0 Å². The van der Waals surface area contributed by atoms with E-state index in [4.69, 9.17) is 5.73 Å². The lowest BCUT2D eigenvalue weighted by atomic mass is 9.96. The molecule has 1 aliphatic carbocycles. The molecule has 0 spiro atoms. The molecule has 0 radical (unpaired) electrons. The van der Waals surface area contributed by atoms with Crippen LogP contribution in [0.1, 0.15) is 55.0 Å². The molecule has 1 aromatic heterocycles. The van der Waals surface area contributed by atoms with Crippen molar-refractivity contribution < 1.29 is 0 Å². The second-order valence-electron chi connectivity index (χ2n) is 4.90. The zero-order valence-corrected chi connectivity index (χ0v) is 12.2. The van der Waals surface area contributed by atoms with Crippen LogP contribution in [0.15, 0.2) is 9.85 Å². The number of aryl methyl sites for hydroxylation is 1. The van der Waals surface area contributed by atoms with E-state index >= 15 is 0 Å². The molecule has 1 nitrogen and oxygen atoms in total. The molecule has 0 amide bonds. The lowest BCUT2D eigenvalue weighted by Crippen LogP contribution is -2.11. The second kappa shape index (κ2) is 5.65. The van der Waals surface area contributed by atoms with E-state index in [1.54, 1.807) is 11.3 Å². The van der Waals surface area contributed by atoms with E-state index in [0.717, 1.165) is 12.3 Å². The van der Waals surface area contributed by atoms with Gasteiger partial charge in [0.25, 0.3) is 0 Å². The smallest absolute Gasteiger partial charge is 0.0704 e. The minimum atomic E-state index is 0.239. The van der Waals surface area contributed by atoms with Crippen LogP contribution in [-0.4, -0.2) is 0 Å². The minimum absolute atomic E-state index is 0.239. The van der Waals surface area contributed by atoms with Crippen LogP contribution in [0.25, 0.3) is 0 Å². The van der Waals surface area contributed by atoms with Crippen molar-refractivity contribution in [3.05, 3.63) is 20.3 Å². The van der Waals surface area contributed by atoms with Crippen LogP contribution >= 0.6 is 27.3 Å². The van der Waals surface area contributed by atoms with E-state index in [-0.39, 0.29) is 6.04 Å². The van der Waals surface area contributed by atoms with Gasteiger partial charge in [-0.2, -0.15) is 0 Å². The third-order valence-electron chi connectivity index (χ3n) is 3.69. The highest BCUT2D eigenvalue weighted by Crippen LogP contribution is 2.34. The second-order valence-corrected chi connectivity index (χ2v) is 7.53. The molecule has 1 aromatic rings. The van der Waals surface area contributed by atoms with Crippen LogP contribution in [0, 0.1) is 12.8 Å². The molecule has 1 aliphatic rings. The van der Waals surface area contributed by atoms with Crippen molar-refractivity contribution in [1.82, 2.24) is 0 Å². The predicted octanol–water partition coefficient (Wildman–Crippen LogP) is 4.79. The molecule has 1 heterocycles. The Bertz CT molecular complexity index is 342. The van der Waals surface area contributed by atoms with Gasteiger partial charge >= 0.3 is 0 Å². The molecular formula is C13H20BrNS. The van der Waals surface area contributed by atoms with Crippen molar-refractivity contribution in [3.63, 3.8) is 0 Å². The van der Waals surface area contributed by atoms with Crippen LogP contribution in [0.3, 0.4) is 0 Å². The fourth-order valence-corrected chi connectivity index (χ4v) is 4.48. The van der Waals surface area contributed by atoms with Crippen molar-refractivity contribution in [2.45, 2.75) is 51.5 Å². The minimum Gasteiger partial charge on any atom is -0.324 e. The monoisotopic (exact) mass is 301 g/mol. The van der Waals surface area contributed by atoms with E-state index in [1.807, 2.05) is 0 Å². The van der Waals surface area contributed by atoms with Crippen molar-refractivity contribution in [2.24, 2.45) is 11.7 Å². The molecule has 1 unspecified atom stereocenters. The molecule has 1 atom stereocenters. The van der Waals surface area contributed by atoms with Crippen LogP contribution in [0.5, 0.6) is 0 Å². The molecule has 1 saturated carbocycles. The number of hydrogen-bond donors (Lipinski definition) is 1. The SMILES string of the molecule is Cc1sc(Br)cc1C(N)CCC1CCCC1. The van der Waals surface area contributed by atoms with E-state index in [1.165, 1.54) is 46.3 Å². The Balaban J connectivity index is 1.87. The van der Waals surface area contributed by atoms with E-state index in [0.29, 0.717) is 0 Å². The van der Waals surface area contributed by atoms with Gasteiger partial charge in [0.15, 0.2) is 0 Å². The standard InChI is InChI=1S/C13H20BrNS/c1-9-11(8-13(14)16-9)12(15)7-6-10-4-2-3-5-10/h8,10,12H,2-7,15H2,1H3. The largest absolute Gasteiger partial charge is 0.324 e. The fraction of sp³-hybridized carbons (Fsp3) is 0.692. The zero-order valence-electron chi connectivity index (χ0n) is 9.84. The maximum Gasteiger partial charge on any atom is 0.0704 e. The Labute approximate surface area is 111 Å². The van der Waals surface area contributed by atoms with Gasteiger partial charge in [0.2, 0.25) is 0 Å². The van der Waals surface area contributed by atoms with Crippen LogP contribution in [0.4, 0.5) is 0 Å². The van der Waals surface area contributed by atoms with Gasteiger partial charge in [-0.1, -0.05) is 25.7 Å². The van der Waals surface area contributed by atoms with Gasteiger partial charge in [0.1, 0.15) is 0 Å². The summed E-state index contributed by atoms with van der Waals surface area (Å²) in [6.45, 7) is 2.17. The summed E-state index contributed by atoms with van der Waals surface area (Å²) >= 11 is 5.32. The molecule has 0 saturated heterocycles. The molecule has 2 N–H and O–H groups in total. The summed E-state index contributed by atoms with van der Waals surface area (Å²) in [6.07, 6.45) is 8.19. The summed E-state index contributed by atoms with van der Waals surface area (Å²) in [5.41, 5.74) is 7.62. The van der Waals surface area contributed by atoms with Crippen molar-refractivity contribution in [3.8, 4) is 0 Å². The summed E-state index contributed by atoms with van der Waals surface area (Å²) in [5, 5.41) is 0. The highest BCUT2D eigenvalue weighted by atomic mass is 79.9. The Kier molecular flexibility index (Phi) is 4.45. The molecule has 16 heavy (non-hydrogen) atoms. The molecule has 0 aliphatic heterocycles. The highest BCUT2D eigenvalue weighted by Gasteiger charge is 2.18. The van der Waals surface area contributed by atoms with Crippen LogP contribution in [-0.2, 0) is 0 Å². The molecule has 90 valence electrons.